The molecular weight excluding hydrogens is 352 g/mol. The van der Waals surface area contributed by atoms with Gasteiger partial charge in [-0.2, -0.15) is 0 Å². The van der Waals surface area contributed by atoms with Gasteiger partial charge in [-0.05, 0) is 52.8 Å². The fourth-order valence-corrected chi connectivity index (χ4v) is 4.62. The molecule has 2 fully saturated rings. The Morgan fingerprint density at radius 3 is 2.00 bits per heavy atom. The van der Waals surface area contributed by atoms with Crippen LogP contribution in [-0.4, -0.2) is 38.6 Å². The molecule has 0 bridgehead atoms. The monoisotopic (exact) mass is 380 g/mol. The third kappa shape index (κ3) is 3.40. The standard InChI is InChI=1S/C24H28O4/c1-23(2)15-24(3,16-4-6-17(7-5-16)25-11-19-13-27-19)22-10-18(8-9-21(22)23)26-12-20-14-28-20/h4-10,19-20H,11-15H2,1-3H3. The van der Waals surface area contributed by atoms with Gasteiger partial charge in [-0.3, -0.25) is 0 Å². The van der Waals surface area contributed by atoms with Crippen LogP contribution in [0.2, 0.25) is 0 Å². The van der Waals surface area contributed by atoms with E-state index in [2.05, 4.69) is 63.2 Å². The maximum Gasteiger partial charge on any atom is 0.119 e. The van der Waals surface area contributed by atoms with E-state index in [-0.39, 0.29) is 23.0 Å². The van der Waals surface area contributed by atoms with Crippen LogP contribution in [0.1, 0.15) is 43.9 Å². The molecule has 3 atom stereocenters. The van der Waals surface area contributed by atoms with Crippen LogP contribution in [0.3, 0.4) is 0 Å². The van der Waals surface area contributed by atoms with E-state index < -0.39 is 0 Å². The summed E-state index contributed by atoms with van der Waals surface area (Å²) in [7, 11) is 0. The number of epoxide rings is 2. The van der Waals surface area contributed by atoms with Crippen molar-refractivity contribution < 1.29 is 18.9 Å². The topological polar surface area (TPSA) is 43.5 Å². The Labute approximate surface area is 166 Å². The van der Waals surface area contributed by atoms with E-state index in [0.29, 0.717) is 13.2 Å². The number of rotatable bonds is 7. The average Bonchev–Trinajstić information content (AvgIpc) is 3.59. The lowest BCUT2D eigenvalue weighted by atomic mass is 9.75. The van der Waals surface area contributed by atoms with E-state index in [1.165, 1.54) is 16.7 Å². The molecule has 2 aromatic carbocycles. The van der Waals surface area contributed by atoms with E-state index in [1.54, 1.807) is 0 Å². The van der Waals surface area contributed by atoms with Crippen LogP contribution in [0.15, 0.2) is 42.5 Å². The molecule has 4 nitrogen and oxygen atoms in total. The van der Waals surface area contributed by atoms with Gasteiger partial charge in [0.05, 0.1) is 13.2 Å². The molecule has 0 N–H and O–H groups in total. The van der Waals surface area contributed by atoms with Crippen LogP contribution in [0, 0.1) is 0 Å². The Kier molecular flexibility index (Phi) is 4.18. The number of ether oxygens (including phenoxy) is 4. The molecule has 0 aromatic heterocycles. The zero-order valence-electron chi connectivity index (χ0n) is 16.9. The fourth-order valence-electron chi connectivity index (χ4n) is 4.62. The van der Waals surface area contributed by atoms with E-state index in [0.717, 1.165) is 31.1 Å². The smallest absolute Gasteiger partial charge is 0.119 e. The lowest BCUT2D eigenvalue weighted by molar-refractivity contribution is 0.262. The fraction of sp³-hybridized carbons (Fsp3) is 0.500. The second-order valence-electron chi connectivity index (χ2n) is 9.16. The highest BCUT2D eigenvalue weighted by atomic mass is 16.6. The highest BCUT2D eigenvalue weighted by molar-refractivity contribution is 5.54. The second-order valence-corrected chi connectivity index (χ2v) is 9.16. The Morgan fingerprint density at radius 2 is 1.39 bits per heavy atom. The minimum Gasteiger partial charge on any atom is -0.491 e. The van der Waals surface area contributed by atoms with Crippen molar-refractivity contribution in [3.05, 3.63) is 59.2 Å². The molecule has 2 aliphatic heterocycles. The van der Waals surface area contributed by atoms with Gasteiger partial charge in [-0.25, -0.2) is 0 Å². The SMILES string of the molecule is CC1(C)CC(C)(c2ccc(OCC3CO3)cc2)c2cc(OCC3CO3)ccc21. The van der Waals surface area contributed by atoms with Gasteiger partial charge in [-0.15, -0.1) is 0 Å². The van der Waals surface area contributed by atoms with Gasteiger partial charge in [0.25, 0.3) is 0 Å². The molecule has 28 heavy (non-hydrogen) atoms. The van der Waals surface area contributed by atoms with Gasteiger partial charge < -0.3 is 18.9 Å². The predicted molar refractivity (Wildman–Crippen MR) is 107 cm³/mol. The molecule has 0 spiro atoms. The molecule has 2 saturated heterocycles. The summed E-state index contributed by atoms with van der Waals surface area (Å²) >= 11 is 0. The van der Waals surface area contributed by atoms with Crippen LogP contribution < -0.4 is 9.47 Å². The van der Waals surface area contributed by atoms with Crippen LogP contribution in [0.5, 0.6) is 11.5 Å². The van der Waals surface area contributed by atoms with E-state index in [4.69, 9.17) is 18.9 Å². The van der Waals surface area contributed by atoms with Crippen molar-refractivity contribution in [2.45, 2.75) is 50.2 Å². The van der Waals surface area contributed by atoms with E-state index >= 15 is 0 Å². The number of fused-ring (bicyclic) bond motifs is 1. The maximum atomic E-state index is 5.98. The largest absolute Gasteiger partial charge is 0.491 e. The van der Waals surface area contributed by atoms with Crippen LogP contribution in [-0.2, 0) is 20.3 Å². The van der Waals surface area contributed by atoms with Crippen LogP contribution in [0.4, 0.5) is 0 Å². The first-order valence-electron chi connectivity index (χ1n) is 10.2. The van der Waals surface area contributed by atoms with Crippen molar-refractivity contribution in [3.8, 4) is 11.5 Å². The van der Waals surface area contributed by atoms with Gasteiger partial charge in [0, 0.05) is 5.41 Å². The summed E-state index contributed by atoms with van der Waals surface area (Å²) in [6.07, 6.45) is 1.62. The minimum absolute atomic E-state index is 0.0492. The van der Waals surface area contributed by atoms with Crippen molar-refractivity contribution in [1.82, 2.24) is 0 Å². The third-order valence-electron chi connectivity index (χ3n) is 6.28. The van der Waals surface area contributed by atoms with Gasteiger partial charge in [0.15, 0.2) is 0 Å². The van der Waals surface area contributed by atoms with E-state index in [9.17, 15) is 0 Å². The lowest BCUT2D eigenvalue weighted by Crippen LogP contribution is -2.23. The maximum absolute atomic E-state index is 5.98. The molecule has 3 aliphatic rings. The normalized spacial score (nSPS) is 29.2. The van der Waals surface area contributed by atoms with Crippen molar-refractivity contribution in [2.75, 3.05) is 26.4 Å². The first-order chi connectivity index (χ1) is 13.4. The zero-order chi connectivity index (χ0) is 19.4. The lowest BCUT2D eigenvalue weighted by Gasteiger charge is -2.28. The summed E-state index contributed by atoms with van der Waals surface area (Å²) < 4.78 is 22.3. The summed E-state index contributed by atoms with van der Waals surface area (Å²) in [6, 6.07) is 15.2. The second kappa shape index (κ2) is 6.50. The minimum atomic E-state index is -0.0492. The molecular formula is C24H28O4. The molecule has 0 saturated carbocycles. The molecule has 0 radical (unpaired) electrons. The molecule has 4 heteroatoms. The van der Waals surface area contributed by atoms with Crippen LogP contribution in [0.25, 0.3) is 0 Å². The highest BCUT2D eigenvalue weighted by Gasteiger charge is 2.46. The number of hydrogen-bond acceptors (Lipinski definition) is 4. The third-order valence-corrected chi connectivity index (χ3v) is 6.28. The van der Waals surface area contributed by atoms with Crippen LogP contribution >= 0.6 is 0 Å². The van der Waals surface area contributed by atoms with Gasteiger partial charge >= 0.3 is 0 Å². The average molecular weight is 380 g/mol. The molecule has 2 aromatic rings. The van der Waals surface area contributed by atoms with Gasteiger partial charge in [0.1, 0.15) is 36.9 Å². The Hall–Kier alpha value is -2.04. The summed E-state index contributed by atoms with van der Waals surface area (Å²) in [5.41, 5.74) is 4.17. The molecule has 1 aliphatic carbocycles. The first-order valence-corrected chi connectivity index (χ1v) is 10.2. The zero-order valence-corrected chi connectivity index (χ0v) is 16.9. The Balaban J connectivity index is 1.42. The summed E-state index contributed by atoms with van der Waals surface area (Å²) in [5, 5.41) is 0. The Bertz CT molecular complexity index is 865. The summed E-state index contributed by atoms with van der Waals surface area (Å²) in [6.45, 7) is 9.93. The Morgan fingerprint density at radius 1 is 0.821 bits per heavy atom. The first kappa shape index (κ1) is 18.0. The molecule has 5 rings (SSSR count). The van der Waals surface area contributed by atoms with Gasteiger partial charge in [-0.1, -0.05) is 39.0 Å². The molecule has 2 heterocycles. The van der Waals surface area contributed by atoms with Crippen molar-refractivity contribution in [1.29, 1.82) is 0 Å². The molecule has 148 valence electrons. The van der Waals surface area contributed by atoms with Crippen molar-refractivity contribution in [3.63, 3.8) is 0 Å². The van der Waals surface area contributed by atoms with Gasteiger partial charge in [0.2, 0.25) is 0 Å². The quantitative estimate of drug-likeness (QED) is 0.674. The summed E-state index contributed by atoms with van der Waals surface area (Å²) in [4.78, 5) is 0. The molecule has 0 amide bonds. The molecule has 3 unspecified atom stereocenters. The highest BCUT2D eigenvalue weighted by Crippen LogP contribution is 2.53. The van der Waals surface area contributed by atoms with Crippen molar-refractivity contribution >= 4 is 0 Å². The van der Waals surface area contributed by atoms with E-state index in [1.807, 2.05) is 0 Å². The van der Waals surface area contributed by atoms with Crippen molar-refractivity contribution in [2.24, 2.45) is 0 Å². The summed E-state index contributed by atoms with van der Waals surface area (Å²) in [5.74, 6) is 1.84. The number of benzene rings is 2. The number of hydrogen-bond donors (Lipinski definition) is 0. The predicted octanol–water partition coefficient (Wildman–Crippen LogP) is 4.23.